The molecule has 134 valence electrons. The molecule has 0 bridgehead atoms. The van der Waals surface area contributed by atoms with Crippen LogP contribution in [0.5, 0.6) is 11.5 Å². The molecule has 2 aromatic carbocycles. The second-order valence-corrected chi connectivity index (χ2v) is 6.24. The summed E-state index contributed by atoms with van der Waals surface area (Å²) in [5.74, 6) is 0.181. The number of anilines is 1. The summed E-state index contributed by atoms with van der Waals surface area (Å²) in [6.07, 6.45) is 0. The first kappa shape index (κ1) is 17.7. The number of ether oxygens (including phenoxy) is 3. The molecule has 0 spiro atoms. The van der Waals surface area contributed by atoms with Gasteiger partial charge in [0.25, 0.3) is 5.91 Å². The van der Waals surface area contributed by atoms with Crippen molar-refractivity contribution < 1.29 is 23.8 Å². The Labute approximate surface area is 153 Å². The summed E-state index contributed by atoms with van der Waals surface area (Å²) >= 11 is 1.31. The molecule has 0 saturated carbocycles. The zero-order chi connectivity index (χ0) is 18.5. The summed E-state index contributed by atoms with van der Waals surface area (Å²) in [5, 5.41) is 3.05. The number of amides is 1. The molecule has 1 aromatic heterocycles. The van der Waals surface area contributed by atoms with E-state index in [9.17, 15) is 9.59 Å². The standard InChI is InChI=1S/C18H16N2O5S/c1-23-12-5-3-4-11(8-12)17(22)25-10-16(21)20-18-19-14-7-6-13(24-2)9-15(14)26-18/h3-9H,10H2,1-2H3,(H,19,20,21). The van der Waals surface area contributed by atoms with Gasteiger partial charge in [0, 0.05) is 0 Å². The number of nitrogens with zero attached hydrogens (tertiary/aromatic N) is 1. The molecular formula is C18H16N2O5S. The zero-order valence-corrected chi connectivity index (χ0v) is 15.0. The molecule has 0 aliphatic carbocycles. The van der Waals surface area contributed by atoms with E-state index in [1.54, 1.807) is 37.4 Å². The van der Waals surface area contributed by atoms with Gasteiger partial charge < -0.3 is 14.2 Å². The normalized spacial score (nSPS) is 10.4. The summed E-state index contributed by atoms with van der Waals surface area (Å²) in [6, 6.07) is 12.0. The van der Waals surface area contributed by atoms with Gasteiger partial charge >= 0.3 is 5.97 Å². The third-order valence-electron chi connectivity index (χ3n) is 3.48. The van der Waals surface area contributed by atoms with E-state index in [0.29, 0.717) is 22.2 Å². The number of esters is 1. The van der Waals surface area contributed by atoms with Crippen molar-refractivity contribution in [2.75, 3.05) is 26.1 Å². The number of hydrogen-bond acceptors (Lipinski definition) is 7. The molecule has 1 amide bonds. The maximum atomic E-state index is 12.0. The van der Waals surface area contributed by atoms with E-state index in [0.717, 1.165) is 10.2 Å². The zero-order valence-electron chi connectivity index (χ0n) is 14.1. The van der Waals surface area contributed by atoms with Crippen molar-refractivity contribution in [1.82, 2.24) is 4.98 Å². The highest BCUT2D eigenvalue weighted by atomic mass is 32.1. The minimum Gasteiger partial charge on any atom is -0.497 e. The molecule has 0 aliphatic rings. The fourth-order valence-corrected chi connectivity index (χ4v) is 3.12. The van der Waals surface area contributed by atoms with E-state index in [-0.39, 0.29) is 0 Å². The largest absolute Gasteiger partial charge is 0.497 e. The van der Waals surface area contributed by atoms with Crippen LogP contribution in [0.1, 0.15) is 10.4 Å². The molecular weight excluding hydrogens is 356 g/mol. The van der Waals surface area contributed by atoms with Crippen LogP contribution < -0.4 is 14.8 Å². The van der Waals surface area contributed by atoms with Crippen molar-refractivity contribution in [3.63, 3.8) is 0 Å². The lowest BCUT2D eigenvalue weighted by atomic mass is 10.2. The SMILES string of the molecule is COc1cccc(C(=O)OCC(=O)Nc2nc3ccc(OC)cc3s2)c1. The first-order chi connectivity index (χ1) is 12.6. The fraction of sp³-hybridized carbons (Fsp3) is 0.167. The van der Waals surface area contributed by atoms with Crippen LogP contribution in [-0.4, -0.2) is 37.7 Å². The molecule has 0 saturated heterocycles. The van der Waals surface area contributed by atoms with E-state index in [1.807, 2.05) is 12.1 Å². The maximum absolute atomic E-state index is 12.0. The molecule has 8 heteroatoms. The van der Waals surface area contributed by atoms with Gasteiger partial charge in [-0.25, -0.2) is 9.78 Å². The average Bonchev–Trinajstić information content (AvgIpc) is 3.07. The lowest BCUT2D eigenvalue weighted by Crippen LogP contribution is -2.20. The number of benzene rings is 2. The Hall–Kier alpha value is -3.13. The van der Waals surface area contributed by atoms with E-state index < -0.39 is 18.5 Å². The number of rotatable bonds is 6. The van der Waals surface area contributed by atoms with Gasteiger partial charge in [0.2, 0.25) is 0 Å². The summed E-state index contributed by atoms with van der Waals surface area (Å²) in [6.45, 7) is -0.407. The molecule has 3 aromatic rings. The molecule has 3 rings (SSSR count). The highest BCUT2D eigenvalue weighted by Crippen LogP contribution is 2.29. The van der Waals surface area contributed by atoms with Crippen LogP contribution in [0.25, 0.3) is 10.2 Å². The number of nitrogens with one attached hydrogen (secondary N) is 1. The smallest absolute Gasteiger partial charge is 0.338 e. The maximum Gasteiger partial charge on any atom is 0.338 e. The number of fused-ring (bicyclic) bond motifs is 1. The quantitative estimate of drug-likeness (QED) is 0.669. The third-order valence-corrected chi connectivity index (χ3v) is 4.42. The minimum atomic E-state index is -0.604. The second-order valence-electron chi connectivity index (χ2n) is 5.21. The number of methoxy groups -OCH3 is 2. The number of carbonyl (C=O) groups is 2. The van der Waals surface area contributed by atoms with Crippen LogP contribution >= 0.6 is 11.3 Å². The Bertz CT molecular complexity index is 954. The molecule has 1 heterocycles. The molecule has 0 radical (unpaired) electrons. The van der Waals surface area contributed by atoms with Gasteiger partial charge in [-0.2, -0.15) is 0 Å². The van der Waals surface area contributed by atoms with Gasteiger partial charge in [-0.1, -0.05) is 17.4 Å². The number of hydrogen-bond donors (Lipinski definition) is 1. The van der Waals surface area contributed by atoms with E-state index in [4.69, 9.17) is 14.2 Å². The minimum absolute atomic E-state index is 0.309. The Kier molecular flexibility index (Phi) is 5.33. The number of aromatic nitrogens is 1. The first-order valence-corrected chi connectivity index (χ1v) is 8.46. The molecule has 0 fully saturated rings. The Morgan fingerprint density at radius 3 is 2.62 bits per heavy atom. The molecule has 0 aliphatic heterocycles. The molecule has 1 N–H and O–H groups in total. The van der Waals surface area contributed by atoms with E-state index in [2.05, 4.69) is 10.3 Å². The van der Waals surface area contributed by atoms with E-state index in [1.165, 1.54) is 18.4 Å². The Morgan fingerprint density at radius 1 is 1.08 bits per heavy atom. The monoisotopic (exact) mass is 372 g/mol. The predicted molar refractivity (Wildman–Crippen MR) is 98.1 cm³/mol. The van der Waals surface area contributed by atoms with Gasteiger partial charge in [0.1, 0.15) is 11.5 Å². The van der Waals surface area contributed by atoms with Crippen molar-refractivity contribution in [3.05, 3.63) is 48.0 Å². The lowest BCUT2D eigenvalue weighted by molar-refractivity contribution is -0.119. The average molecular weight is 372 g/mol. The van der Waals surface area contributed by atoms with Crippen LogP contribution in [0.4, 0.5) is 5.13 Å². The molecule has 0 unspecified atom stereocenters. The Morgan fingerprint density at radius 2 is 1.85 bits per heavy atom. The summed E-state index contributed by atoms with van der Waals surface area (Å²) in [7, 11) is 3.09. The van der Waals surface area contributed by atoms with Crippen molar-refractivity contribution in [3.8, 4) is 11.5 Å². The van der Waals surface area contributed by atoms with Crippen molar-refractivity contribution in [2.45, 2.75) is 0 Å². The summed E-state index contributed by atoms with van der Waals surface area (Å²) < 4.78 is 16.1. The highest BCUT2D eigenvalue weighted by Gasteiger charge is 2.13. The molecule has 0 atom stereocenters. The van der Waals surface area contributed by atoms with Crippen LogP contribution in [0.3, 0.4) is 0 Å². The van der Waals surface area contributed by atoms with Crippen LogP contribution in [0.2, 0.25) is 0 Å². The number of thiazole rings is 1. The second kappa shape index (κ2) is 7.83. The van der Waals surface area contributed by atoms with Gasteiger partial charge in [-0.15, -0.1) is 0 Å². The van der Waals surface area contributed by atoms with E-state index >= 15 is 0 Å². The summed E-state index contributed by atoms with van der Waals surface area (Å²) in [5.41, 5.74) is 1.06. The van der Waals surface area contributed by atoms with Gasteiger partial charge in [0.15, 0.2) is 11.7 Å². The first-order valence-electron chi connectivity index (χ1n) is 7.64. The van der Waals surface area contributed by atoms with Crippen molar-refractivity contribution in [1.29, 1.82) is 0 Å². The van der Waals surface area contributed by atoms with Gasteiger partial charge in [-0.3, -0.25) is 10.1 Å². The fourth-order valence-electron chi connectivity index (χ4n) is 2.21. The van der Waals surface area contributed by atoms with Crippen LogP contribution in [-0.2, 0) is 9.53 Å². The predicted octanol–water partition coefficient (Wildman–Crippen LogP) is 3.11. The molecule has 7 nitrogen and oxygen atoms in total. The van der Waals surface area contributed by atoms with Crippen molar-refractivity contribution >= 4 is 38.6 Å². The topological polar surface area (TPSA) is 86.8 Å². The van der Waals surface area contributed by atoms with Crippen molar-refractivity contribution in [2.24, 2.45) is 0 Å². The molecule has 26 heavy (non-hydrogen) atoms. The highest BCUT2D eigenvalue weighted by molar-refractivity contribution is 7.22. The van der Waals surface area contributed by atoms with Gasteiger partial charge in [0.05, 0.1) is 30.0 Å². The lowest BCUT2D eigenvalue weighted by Gasteiger charge is -2.06. The third kappa shape index (κ3) is 4.09. The Balaban J connectivity index is 1.59. The van der Waals surface area contributed by atoms with Gasteiger partial charge in [-0.05, 0) is 36.4 Å². The number of carbonyl (C=O) groups excluding carboxylic acids is 2. The van der Waals surface area contributed by atoms with Crippen LogP contribution in [0, 0.1) is 0 Å². The van der Waals surface area contributed by atoms with Crippen LogP contribution in [0.15, 0.2) is 42.5 Å². The summed E-state index contributed by atoms with van der Waals surface area (Å²) in [4.78, 5) is 28.3.